The van der Waals surface area contributed by atoms with Gasteiger partial charge < -0.3 is 5.11 Å². The first kappa shape index (κ1) is 24.1. The fourth-order valence-electron chi connectivity index (χ4n) is 3.51. The lowest BCUT2D eigenvalue weighted by atomic mass is 9.98. The molecule has 31 heavy (non-hydrogen) atoms. The number of aliphatic hydroxyl groups is 1. The molecule has 0 aliphatic rings. The molecular weight excluding hydrogens is 378 g/mol. The summed E-state index contributed by atoms with van der Waals surface area (Å²) in [7, 11) is 0. The second-order valence-corrected chi connectivity index (χ2v) is 7.47. The van der Waals surface area contributed by atoms with Gasteiger partial charge in [0.15, 0.2) is 0 Å². The van der Waals surface area contributed by atoms with Crippen LogP contribution in [0.25, 0.3) is 11.1 Å². The Bertz CT molecular complexity index is 909. The number of nitrogens with zero attached hydrogens (tertiary/aromatic N) is 1. The van der Waals surface area contributed by atoms with Crippen LogP contribution in [0.1, 0.15) is 49.8 Å². The van der Waals surface area contributed by atoms with Crippen LogP contribution in [0.15, 0.2) is 96.7 Å². The van der Waals surface area contributed by atoms with E-state index in [0.29, 0.717) is 0 Å². The Morgan fingerprint density at radius 3 is 1.81 bits per heavy atom. The Hall–Kier alpha value is -3.13. The van der Waals surface area contributed by atoms with E-state index >= 15 is 0 Å². The van der Waals surface area contributed by atoms with Gasteiger partial charge in [-0.15, -0.1) is 0 Å². The summed E-state index contributed by atoms with van der Waals surface area (Å²) in [6.07, 6.45) is 6.44. The molecule has 0 atom stereocenters. The van der Waals surface area contributed by atoms with Gasteiger partial charge in [0.2, 0.25) is 0 Å². The molecule has 3 aromatic carbocycles. The molecule has 0 saturated heterocycles. The van der Waals surface area contributed by atoms with Crippen LogP contribution in [0.2, 0.25) is 0 Å². The van der Waals surface area contributed by atoms with Crippen molar-refractivity contribution in [2.45, 2.75) is 46.0 Å². The van der Waals surface area contributed by atoms with Crippen molar-refractivity contribution in [1.82, 2.24) is 0 Å². The van der Waals surface area contributed by atoms with Crippen LogP contribution in [0.3, 0.4) is 0 Å². The predicted octanol–water partition coefficient (Wildman–Crippen LogP) is 7.83. The van der Waals surface area contributed by atoms with E-state index in [9.17, 15) is 0 Å². The van der Waals surface area contributed by atoms with E-state index in [2.05, 4.69) is 99.3 Å². The molecule has 0 aromatic heterocycles. The molecule has 0 aliphatic heterocycles. The molecule has 2 nitrogen and oxygen atoms in total. The lowest BCUT2D eigenvalue weighted by molar-refractivity contribution is 0.476. The maximum Gasteiger partial charge on any atom is 0.0719 e. The fraction of sp³-hybridized carbons (Fsp3) is 0.276. The van der Waals surface area contributed by atoms with Gasteiger partial charge in [0, 0.05) is 12.3 Å². The maximum atomic E-state index is 7.33. The number of rotatable bonds is 9. The molecular formula is C29H35NO. The first-order chi connectivity index (χ1) is 15.2. The van der Waals surface area contributed by atoms with Crippen LogP contribution in [0.5, 0.6) is 0 Å². The van der Waals surface area contributed by atoms with Gasteiger partial charge in [0.1, 0.15) is 0 Å². The van der Waals surface area contributed by atoms with Crippen molar-refractivity contribution >= 4 is 5.71 Å². The number of unbranched alkanes of at least 4 members (excludes halogenated alkanes) is 1. The summed E-state index contributed by atoms with van der Waals surface area (Å²) >= 11 is 0. The first-order valence-electron chi connectivity index (χ1n) is 11.2. The maximum absolute atomic E-state index is 7.33. The van der Waals surface area contributed by atoms with Gasteiger partial charge in [-0.05, 0) is 60.4 Å². The van der Waals surface area contributed by atoms with Crippen molar-refractivity contribution < 1.29 is 5.11 Å². The summed E-state index contributed by atoms with van der Waals surface area (Å²) in [5.74, 6) is 0. The highest BCUT2D eigenvalue weighted by molar-refractivity contribution is 6.00. The molecule has 0 bridgehead atoms. The van der Waals surface area contributed by atoms with E-state index in [1.807, 2.05) is 0 Å². The quantitative estimate of drug-likeness (QED) is 0.281. The minimum Gasteiger partial charge on any atom is -0.516 e. The van der Waals surface area contributed by atoms with Crippen LogP contribution in [0.4, 0.5) is 0 Å². The van der Waals surface area contributed by atoms with E-state index in [1.54, 1.807) is 0 Å². The van der Waals surface area contributed by atoms with E-state index in [0.717, 1.165) is 25.6 Å². The highest BCUT2D eigenvalue weighted by atomic mass is 16.2. The third-order valence-electron chi connectivity index (χ3n) is 5.17. The largest absolute Gasteiger partial charge is 0.516 e. The van der Waals surface area contributed by atoms with E-state index in [1.165, 1.54) is 52.8 Å². The van der Waals surface area contributed by atoms with Crippen LogP contribution in [0, 0.1) is 0 Å². The molecule has 3 aromatic rings. The lowest BCUT2D eigenvalue weighted by Crippen LogP contribution is -2.03. The van der Waals surface area contributed by atoms with Gasteiger partial charge in [-0.1, -0.05) is 98.8 Å². The molecule has 0 saturated carbocycles. The van der Waals surface area contributed by atoms with Gasteiger partial charge in [-0.3, -0.25) is 4.99 Å². The number of aliphatic hydroxyl groups excluding tert-OH is 1. The van der Waals surface area contributed by atoms with Gasteiger partial charge in [-0.25, -0.2) is 0 Å². The molecule has 0 heterocycles. The summed E-state index contributed by atoms with van der Waals surface area (Å²) in [5.41, 5.74) is 7.83. The van der Waals surface area contributed by atoms with E-state index in [-0.39, 0.29) is 0 Å². The van der Waals surface area contributed by atoms with Gasteiger partial charge in [0.25, 0.3) is 0 Å². The highest BCUT2D eigenvalue weighted by Gasteiger charge is 2.05. The van der Waals surface area contributed by atoms with Crippen LogP contribution < -0.4 is 0 Å². The Morgan fingerprint density at radius 2 is 1.32 bits per heavy atom. The van der Waals surface area contributed by atoms with Crippen molar-refractivity contribution in [3.63, 3.8) is 0 Å². The van der Waals surface area contributed by atoms with Crippen molar-refractivity contribution in [3.05, 3.63) is 108 Å². The topological polar surface area (TPSA) is 32.6 Å². The van der Waals surface area contributed by atoms with Crippen LogP contribution in [-0.4, -0.2) is 17.4 Å². The summed E-state index contributed by atoms with van der Waals surface area (Å²) in [6, 6.07) is 28.6. The second kappa shape index (κ2) is 14.0. The van der Waals surface area contributed by atoms with Crippen molar-refractivity contribution in [3.8, 4) is 11.1 Å². The zero-order valence-corrected chi connectivity index (χ0v) is 18.9. The van der Waals surface area contributed by atoms with E-state index in [4.69, 9.17) is 10.1 Å². The Morgan fingerprint density at radius 1 is 0.806 bits per heavy atom. The van der Waals surface area contributed by atoms with Crippen molar-refractivity contribution in [1.29, 1.82) is 0 Å². The standard InChI is InChI=1S/C27H31N.C2H4O/c1-3-5-9-22-12-17-24(18-13-22)25-19-14-23(15-20-25)16-21-27(28-4-2)26-10-7-6-8-11-26;1-2-3/h6-8,10-15,17-20H,3-5,9,16,21H2,1-2H3;2-3H,1H2. The number of hydrogen-bond donors (Lipinski definition) is 1. The summed E-state index contributed by atoms with van der Waals surface area (Å²) < 4.78 is 0. The summed E-state index contributed by atoms with van der Waals surface area (Å²) in [6.45, 7) is 8.09. The van der Waals surface area contributed by atoms with Crippen molar-refractivity contribution in [2.75, 3.05) is 6.54 Å². The minimum atomic E-state index is 0.750. The molecule has 0 unspecified atom stereocenters. The molecule has 2 heteroatoms. The highest BCUT2D eigenvalue weighted by Crippen LogP contribution is 2.22. The molecule has 0 amide bonds. The second-order valence-electron chi connectivity index (χ2n) is 7.47. The third kappa shape index (κ3) is 8.25. The smallest absolute Gasteiger partial charge is 0.0719 e. The lowest BCUT2D eigenvalue weighted by Gasteiger charge is -2.09. The van der Waals surface area contributed by atoms with Gasteiger partial charge in [0.05, 0.1) is 6.26 Å². The van der Waals surface area contributed by atoms with Crippen LogP contribution >= 0.6 is 0 Å². The number of hydrogen-bond acceptors (Lipinski definition) is 2. The minimum absolute atomic E-state index is 0.750. The Kier molecular flexibility index (Phi) is 10.9. The molecule has 3 rings (SSSR count). The Balaban J connectivity index is 0.00000107. The summed E-state index contributed by atoms with van der Waals surface area (Å²) in [5, 5.41) is 7.33. The van der Waals surface area contributed by atoms with Crippen molar-refractivity contribution in [2.24, 2.45) is 4.99 Å². The average Bonchev–Trinajstić information content (AvgIpc) is 2.82. The average molecular weight is 414 g/mol. The number of aryl methyl sites for hydroxylation is 2. The van der Waals surface area contributed by atoms with Gasteiger partial charge >= 0.3 is 0 Å². The molecule has 0 fully saturated rings. The SMILES string of the molecule is C=CO.CCCCc1ccc(-c2ccc(CCC(=NCC)c3ccccc3)cc2)cc1. The molecule has 0 spiro atoms. The third-order valence-corrected chi connectivity index (χ3v) is 5.17. The normalized spacial score (nSPS) is 10.8. The van der Waals surface area contributed by atoms with Gasteiger partial charge in [-0.2, -0.15) is 0 Å². The molecule has 0 aliphatic carbocycles. The summed E-state index contributed by atoms with van der Waals surface area (Å²) in [4.78, 5) is 4.72. The zero-order valence-electron chi connectivity index (χ0n) is 18.9. The molecule has 0 radical (unpaired) electrons. The monoisotopic (exact) mass is 413 g/mol. The number of aliphatic imine (C=N–C) groups is 1. The van der Waals surface area contributed by atoms with Crippen LogP contribution in [-0.2, 0) is 12.8 Å². The zero-order chi connectivity index (χ0) is 22.3. The Labute approximate surface area is 188 Å². The molecule has 1 N–H and O–H groups in total. The fourth-order valence-corrected chi connectivity index (χ4v) is 3.51. The molecule has 162 valence electrons. The predicted molar refractivity (Wildman–Crippen MR) is 135 cm³/mol. The first-order valence-corrected chi connectivity index (χ1v) is 11.2. The number of benzene rings is 3. The van der Waals surface area contributed by atoms with E-state index < -0.39 is 0 Å².